The van der Waals surface area contributed by atoms with E-state index in [1.165, 1.54) is 9.75 Å². The van der Waals surface area contributed by atoms with Crippen LogP contribution in [0.2, 0.25) is 0 Å². The lowest BCUT2D eigenvalue weighted by Gasteiger charge is -2.10. The molecule has 0 aliphatic carbocycles. The van der Waals surface area contributed by atoms with Gasteiger partial charge in [-0.1, -0.05) is 6.92 Å². The predicted molar refractivity (Wildman–Crippen MR) is 63.8 cm³/mol. The SMILES string of the molecule is CCc1ccc(CC(NN)c2cn[nH]n2)s1. The Balaban J connectivity index is 2.07. The van der Waals surface area contributed by atoms with Gasteiger partial charge in [0.15, 0.2) is 0 Å². The van der Waals surface area contributed by atoms with E-state index in [2.05, 4.69) is 39.9 Å². The first-order chi connectivity index (χ1) is 7.83. The lowest BCUT2D eigenvalue weighted by molar-refractivity contribution is 0.540. The number of nitrogens with zero attached hydrogens (tertiary/aromatic N) is 2. The van der Waals surface area contributed by atoms with E-state index < -0.39 is 0 Å². The summed E-state index contributed by atoms with van der Waals surface area (Å²) in [5.74, 6) is 5.52. The zero-order chi connectivity index (χ0) is 11.4. The molecule has 0 aliphatic heterocycles. The van der Waals surface area contributed by atoms with Crippen LogP contribution in [0.4, 0.5) is 0 Å². The van der Waals surface area contributed by atoms with Crippen molar-refractivity contribution in [3.05, 3.63) is 33.8 Å². The summed E-state index contributed by atoms with van der Waals surface area (Å²) in [5.41, 5.74) is 3.61. The molecule has 4 N–H and O–H groups in total. The van der Waals surface area contributed by atoms with E-state index in [9.17, 15) is 0 Å². The summed E-state index contributed by atoms with van der Waals surface area (Å²) >= 11 is 1.82. The average molecular weight is 237 g/mol. The second-order valence-electron chi connectivity index (χ2n) is 3.54. The monoisotopic (exact) mass is 237 g/mol. The summed E-state index contributed by atoms with van der Waals surface area (Å²) in [6.45, 7) is 2.16. The summed E-state index contributed by atoms with van der Waals surface area (Å²) in [6.07, 6.45) is 3.61. The van der Waals surface area contributed by atoms with Crippen molar-refractivity contribution in [1.82, 2.24) is 20.8 Å². The first-order valence-corrected chi connectivity index (χ1v) is 6.04. The van der Waals surface area contributed by atoms with E-state index in [0.29, 0.717) is 0 Å². The molecule has 0 saturated heterocycles. The van der Waals surface area contributed by atoms with Gasteiger partial charge in [0.2, 0.25) is 0 Å². The van der Waals surface area contributed by atoms with Gasteiger partial charge >= 0.3 is 0 Å². The average Bonchev–Trinajstić information content (AvgIpc) is 2.96. The lowest BCUT2D eigenvalue weighted by atomic mass is 10.1. The number of aromatic nitrogens is 3. The lowest BCUT2D eigenvalue weighted by Crippen LogP contribution is -2.29. The standard InChI is InChI=1S/C10H15N5S/c1-2-7-3-4-8(16-7)5-9(13-11)10-6-12-15-14-10/h3-4,6,9,13H,2,5,11H2,1H3,(H,12,14,15). The Morgan fingerprint density at radius 3 is 2.88 bits per heavy atom. The molecule has 0 spiro atoms. The van der Waals surface area contributed by atoms with Crippen LogP contribution in [0.25, 0.3) is 0 Å². The van der Waals surface area contributed by atoms with E-state index in [4.69, 9.17) is 5.84 Å². The zero-order valence-corrected chi connectivity index (χ0v) is 9.92. The molecule has 2 rings (SSSR count). The van der Waals surface area contributed by atoms with Crippen LogP contribution in [0, 0.1) is 0 Å². The van der Waals surface area contributed by atoms with Crippen LogP contribution in [0.3, 0.4) is 0 Å². The van der Waals surface area contributed by atoms with Crippen LogP contribution >= 0.6 is 11.3 Å². The summed E-state index contributed by atoms with van der Waals surface area (Å²) in [5, 5.41) is 10.4. The van der Waals surface area contributed by atoms with E-state index >= 15 is 0 Å². The summed E-state index contributed by atoms with van der Waals surface area (Å²) < 4.78 is 0. The van der Waals surface area contributed by atoms with Crippen LogP contribution in [0.15, 0.2) is 18.3 Å². The number of nitrogens with two attached hydrogens (primary N) is 1. The molecular weight excluding hydrogens is 222 g/mol. The third kappa shape index (κ3) is 2.46. The molecule has 1 atom stereocenters. The fourth-order valence-corrected chi connectivity index (χ4v) is 2.55. The third-order valence-corrected chi connectivity index (χ3v) is 3.71. The molecule has 0 fully saturated rings. The van der Waals surface area contributed by atoms with Crippen molar-refractivity contribution >= 4 is 11.3 Å². The summed E-state index contributed by atoms with van der Waals surface area (Å²) in [4.78, 5) is 2.70. The Labute approximate surface area is 98.0 Å². The fraction of sp³-hybridized carbons (Fsp3) is 0.400. The first kappa shape index (κ1) is 11.3. The van der Waals surface area contributed by atoms with Crippen LogP contribution < -0.4 is 11.3 Å². The molecule has 1 unspecified atom stereocenters. The maximum Gasteiger partial charge on any atom is 0.101 e. The number of aromatic amines is 1. The number of hydrogen-bond acceptors (Lipinski definition) is 5. The highest BCUT2D eigenvalue weighted by Crippen LogP contribution is 2.22. The van der Waals surface area contributed by atoms with E-state index in [1.54, 1.807) is 6.20 Å². The van der Waals surface area contributed by atoms with Crippen LogP contribution in [0.1, 0.15) is 28.4 Å². The molecule has 86 valence electrons. The van der Waals surface area contributed by atoms with Crippen LogP contribution in [-0.2, 0) is 12.8 Å². The molecule has 0 bridgehead atoms. The fourth-order valence-electron chi connectivity index (χ4n) is 1.55. The molecule has 0 radical (unpaired) electrons. The molecule has 0 aliphatic rings. The van der Waals surface area contributed by atoms with E-state index in [1.807, 2.05) is 11.3 Å². The van der Waals surface area contributed by atoms with Crippen molar-refractivity contribution in [2.45, 2.75) is 25.8 Å². The molecule has 6 heteroatoms. The van der Waals surface area contributed by atoms with E-state index in [-0.39, 0.29) is 6.04 Å². The van der Waals surface area contributed by atoms with Crippen LogP contribution in [0.5, 0.6) is 0 Å². The molecule has 2 heterocycles. The van der Waals surface area contributed by atoms with Gasteiger partial charge in [0, 0.05) is 16.2 Å². The van der Waals surface area contributed by atoms with Gasteiger partial charge in [0.1, 0.15) is 5.69 Å². The van der Waals surface area contributed by atoms with Crippen molar-refractivity contribution in [3.8, 4) is 0 Å². The minimum Gasteiger partial charge on any atom is -0.271 e. The highest BCUT2D eigenvalue weighted by Gasteiger charge is 2.14. The molecule has 2 aromatic heterocycles. The van der Waals surface area contributed by atoms with Crippen LogP contribution in [-0.4, -0.2) is 15.4 Å². The summed E-state index contributed by atoms with van der Waals surface area (Å²) in [7, 11) is 0. The molecule has 5 nitrogen and oxygen atoms in total. The number of hydrogen-bond donors (Lipinski definition) is 3. The van der Waals surface area contributed by atoms with Gasteiger partial charge in [0.25, 0.3) is 0 Å². The Bertz CT molecular complexity index is 422. The minimum absolute atomic E-state index is 0.0158. The molecule has 0 amide bonds. The zero-order valence-electron chi connectivity index (χ0n) is 9.10. The number of aryl methyl sites for hydroxylation is 1. The Morgan fingerprint density at radius 2 is 2.31 bits per heavy atom. The van der Waals surface area contributed by atoms with Crippen molar-refractivity contribution in [2.24, 2.45) is 5.84 Å². The number of nitrogens with one attached hydrogen (secondary N) is 2. The second kappa shape index (κ2) is 5.20. The quantitative estimate of drug-likeness (QED) is 0.539. The molecule has 2 aromatic rings. The minimum atomic E-state index is 0.0158. The van der Waals surface area contributed by atoms with Gasteiger partial charge in [-0.3, -0.25) is 11.3 Å². The maximum atomic E-state index is 5.52. The highest BCUT2D eigenvalue weighted by atomic mass is 32.1. The Hall–Kier alpha value is -1.24. The van der Waals surface area contributed by atoms with Gasteiger partial charge < -0.3 is 0 Å². The van der Waals surface area contributed by atoms with Gasteiger partial charge in [-0.05, 0) is 18.6 Å². The molecule has 0 saturated carbocycles. The topological polar surface area (TPSA) is 79.6 Å². The first-order valence-electron chi connectivity index (χ1n) is 5.23. The van der Waals surface area contributed by atoms with Gasteiger partial charge in [0.05, 0.1) is 12.2 Å². The number of hydrazine groups is 1. The number of thiophene rings is 1. The van der Waals surface area contributed by atoms with Crippen molar-refractivity contribution < 1.29 is 0 Å². The normalized spacial score (nSPS) is 12.9. The predicted octanol–water partition coefficient (Wildman–Crippen LogP) is 1.18. The van der Waals surface area contributed by atoms with E-state index in [0.717, 1.165) is 18.5 Å². The maximum absolute atomic E-state index is 5.52. The van der Waals surface area contributed by atoms with Gasteiger partial charge in [-0.15, -0.1) is 11.3 Å². The number of rotatable bonds is 5. The highest BCUT2D eigenvalue weighted by molar-refractivity contribution is 7.11. The van der Waals surface area contributed by atoms with Crippen molar-refractivity contribution in [2.75, 3.05) is 0 Å². The molecular formula is C10H15N5S. The Morgan fingerprint density at radius 1 is 1.50 bits per heavy atom. The van der Waals surface area contributed by atoms with Crippen molar-refractivity contribution in [1.29, 1.82) is 0 Å². The number of H-pyrrole nitrogens is 1. The second-order valence-corrected chi connectivity index (χ2v) is 4.79. The smallest absolute Gasteiger partial charge is 0.101 e. The van der Waals surface area contributed by atoms with Crippen molar-refractivity contribution in [3.63, 3.8) is 0 Å². The Kier molecular flexibility index (Phi) is 3.66. The molecule has 16 heavy (non-hydrogen) atoms. The van der Waals surface area contributed by atoms with Gasteiger partial charge in [-0.2, -0.15) is 15.4 Å². The van der Waals surface area contributed by atoms with Gasteiger partial charge in [-0.25, -0.2) is 0 Å². The summed E-state index contributed by atoms with van der Waals surface area (Å²) in [6, 6.07) is 4.33. The molecule has 0 aromatic carbocycles. The largest absolute Gasteiger partial charge is 0.271 e. The third-order valence-electron chi connectivity index (χ3n) is 2.46.